The Hall–Kier alpha value is -2.33. The smallest absolute Gasteiger partial charge is 0.193 e. The summed E-state index contributed by atoms with van der Waals surface area (Å²) in [7, 11) is 0. The predicted molar refractivity (Wildman–Crippen MR) is 80.0 cm³/mol. The number of benzene rings is 2. The largest absolute Gasteiger partial charge is 0.508 e. The maximum absolute atomic E-state index is 12.2. The summed E-state index contributed by atoms with van der Waals surface area (Å²) in [4.78, 5) is 16.3. The molecule has 0 radical (unpaired) electrons. The van der Waals surface area contributed by atoms with Crippen molar-refractivity contribution in [1.82, 2.24) is 0 Å². The van der Waals surface area contributed by atoms with E-state index in [2.05, 4.69) is 4.99 Å². The van der Waals surface area contributed by atoms with Crippen LogP contribution in [0.2, 0.25) is 0 Å². The molecule has 4 nitrogen and oxygen atoms in total. The van der Waals surface area contributed by atoms with Crippen LogP contribution in [0, 0.1) is 0 Å². The second-order valence-corrected chi connectivity index (χ2v) is 4.43. The normalized spacial score (nSPS) is 11.3. The average Bonchev–Trinajstić information content (AvgIpc) is 2.48. The lowest BCUT2D eigenvalue weighted by Crippen LogP contribution is -2.12. The van der Waals surface area contributed by atoms with E-state index in [-0.39, 0.29) is 17.4 Å². The maximum atomic E-state index is 12.2. The van der Waals surface area contributed by atoms with Gasteiger partial charge in [0.15, 0.2) is 5.78 Å². The predicted octanol–water partition coefficient (Wildman–Crippen LogP) is 2.85. The van der Waals surface area contributed by atoms with Crippen molar-refractivity contribution in [2.24, 2.45) is 10.7 Å². The molecule has 0 aliphatic rings. The molecule has 2 aromatic rings. The van der Waals surface area contributed by atoms with Gasteiger partial charge >= 0.3 is 0 Å². The van der Waals surface area contributed by atoms with Gasteiger partial charge in [-0.3, -0.25) is 4.79 Å². The molecule has 0 saturated heterocycles. The Balaban J connectivity index is 2.21. The first kappa shape index (κ1) is 14.1. The van der Waals surface area contributed by atoms with E-state index in [0.717, 1.165) is 0 Å². The van der Waals surface area contributed by atoms with Crippen LogP contribution in [0.5, 0.6) is 5.75 Å². The minimum absolute atomic E-state index is 0.120. The van der Waals surface area contributed by atoms with Crippen LogP contribution >= 0.6 is 11.6 Å². The zero-order valence-electron chi connectivity index (χ0n) is 10.6. The van der Waals surface area contributed by atoms with E-state index in [1.807, 2.05) is 0 Å². The number of phenolic OH excluding ortho intramolecular Hbond substituents is 1. The van der Waals surface area contributed by atoms with Gasteiger partial charge in [-0.1, -0.05) is 0 Å². The number of ketones is 1. The number of halogens is 1. The second-order valence-electron chi connectivity index (χ2n) is 4.16. The van der Waals surface area contributed by atoms with Crippen molar-refractivity contribution in [3.05, 3.63) is 59.7 Å². The minimum Gasteiger partial charge on any atom is -0.508 e. The fourth-order valence-corrected chi connectivity index (χ4v) is 1.72. The van der Waals surface area contributed by atoms with E-state index in [4.69, 9.17) is 17.3 Å². The highest BCUT2D eigenvalue weighted by Gasteiger charge is 2.08. The van der Waals surface area contributed by atoms with Gasteiger partial charge in [-0.05, 0) is 48.5 Å². The SMILES string of the molecule is NC(CCl)=Nc1ccc(C(=O)c2ccc(O)cc2)cc1. The number of carbonyl (C=O) groups excluding carboxylic acids is 1. The summed E-state index contributed by atoms with van der Waals surface area (Å²) >= 11 is 5.55. The lowest BCUT2D eigenvalue weighted by atomic mass is 10.0. The summed E-state index contributed by atoms with van der Waals surface area (Å²) in [5, 5.41) is 9.20. The molecule has 0 fully saturated rings. The highest BCUT2D eigenvalue weighted by atomic mass is 35.5. The third kappa shape index (κ3) is 3.36. The van der Waals surface area contributed by atoms with Crippen LogP contribution in [0.25, 0.3) is 0 Å². The van der Waals surface area contributed by atoms with Gasteiger partial charge in [0, 0.05) is 11.1 Å². The van der Waals surface area contributed by atoms with Crippen molar-refractivity contribution in [2.45, 2.75) is 0 Å². The maximum Gasteiger partial charge on any atom is 0.193 e. The number of hydrogen-bond acceptors (Lipinski definition) is 3. The summed E-state index contributed by atoms with van der Waals surface area (Å²) in [6, 6.07) is 12.9. The van der Waals surface area contributed by atoms with Gasteiger partial charge in [0.05, 0.1) is 11.6 Å². The van der Waals surface area contributed by atoms with E-state index < -0.39 is 0 Å². The molecule has 0 spiro atoms. The molecule has 5 heteroatoms. The average molecular weight is 289 g/mol. The lowest BCUT2D eigenvalue weighted by Gasteiger charge is -2.02. The summed E-state index contributed by atoms with van der Waals surface area (Å²) in [5.74, 6) is 0.492. The molecule has 20 heavy (non-hydrogen) atoms. The first-order valence-electron chi connectivity index (χ1n) is 5.93. The van der Waals surface area contributed by atoms with E-state index in [1.54, 1.807) is 36.4 Å². The highest BCUT2D eigenvalue weighted by Crippen LogP contribution is 2.17. The molecule has 0 aliphatic carbocycles. The molecule has 0 saturated carbocycles. The zero-order valence-corrected chi connectivity index (χ0v) is 11.3. The highest BCUT2D eigenvalue weighted by molar-refractivity contribution is 6.28. The monoisotopic (exact) mass is 288 g/mol. The van der Waals surface area contributed by atoms with Crippen molar-refractivity contribution >= 4 is 28.9 Å². The van der Waals surface area contributed by atoms with Crippen LogP contribution in [0.3, 0.4) is 0 Å². The van der Waals surface area contributed by atoms with Gasteiger partial charge in [-0.25, -0.2) is 4.99 Å². The molecule has 0 bridgehead atoms. The molecule has 102 valence electrons. The van der Waals surface area contributed by atoms with Gasteiger partial charge in [-0.15, -0.1) is 11.6 Å². The number of hydrogen-bond donors (Lipinski definition) is 2. The van der Waals surface area contributed by atoms with Gasteiger partial charge < -0.3 is 10.8 Å². The lowest BCUT2D eigenvalue weighted by molar-refractivity contribution is 0.103. The Morgan fingerprint density at radius 1 is 1.05 bits per heavy atom. The van der Waals surface area contributed by atoms with E-state index in [0.29, 0.717) is 22.6 Å². The molecule has 0 amide bonds. The number of amidine groups is 1. The summed E-state index contributed by atoms with van der Waals surface area (Å²) in [5.41, 5.74) is 7.23. The van der Waals surface area contributed by atoms with Gasteiger partial charge in [0.25, 0.3) is 0 Å². The Morgan fingerprint density at radius 2 is 1.55 bits per heavy atom. The fraction of sp³-hybridized carbons (Fsp3) is 0.0667. The second kappa shape index (κ2) is 6.21. The molecular weight excluding hydrogens is 276 g/mol. The molecule has 0 aliphatic heterocycles. The molecule has 3 N–H and O–H groups in total. The van der Waals surface area contributed by atoms with Gasteiger partial charge in [0.1, 0.15) is 11.6 Å². The van der Waals surface area contributed by atoms with Crippen molar-refractivity contribution in [1.29, 1.82) is 0 Å². The van der Waals surface area contributed by atoms with Crippen LogP contribution in [0.15, 0.2) is 53.5 Å². The number of nitrogens with two attached hydrogens (primary N) is 1. The molecule has 0 unspecified atom stereocenters. The Labute approximate surface area is 121 Å². The zero-order chi connectivity index (χ0) is 14.5. The van der Waals surface area contributed by atoms with E-state index in [1.165, 1.54) is 12.1 Å². The Kier molecular flexibility index (Phi) is 4.38. The number of alkyl halides is 1. The molecule has 0 atom stereocenters. The quantitative estimate of drug-likeness (QED) is 0.393. The van der Waals surface area contributed by atoms with Gasteiger partial charge in [-0.2, -0.15) is 0 Å². The van der Waals surface area contributed by atoms with Crippen LogP contribution in [0.4, 0.5) is 5.69 Å². The first-order valence-corrected chi connectivity index (χ1v) is 6.46. The van der Waals surface area contributed by atoms with Crippen molar-refractivity contribution in [3.8, 4) is 5.75 Å². The topological polar surface area (TPSA) is 75.7 Å². The van der Waals surface area contributed by atoms with Crippen LogP contribution in [-0.2, 0) is 0 Å². The van der Waals surface area contributed by atoms with Crippen LogP contribution in [0.1, 0.15) is 15.9 Å². The minimum atomic E-state index is -0.120. The number of carbonyl (C=O) groups is 1. The standard InChI is InChI=1S/C15H13ClN2O2/c16-9-14(17)18-12-5-1-10(2-6-12)15(20)11-3-7-13(19)8-4-11/h1-8,19H,9H2,(H2,17,18). The van der Waals surface area contributed by atoms with Crippen LogP contribution < -0.4 is 5.73 Å². The summed E-state index contributed by atoms with van der Waals surface area (Å²) in [6.07, 6.45) is 0. The van der Waals surface area contributed by atoms with Gasteiger partial charge in [0.2, 0.25) is 0 Å². The number of aromatic hydroxyl groups is 1. The van der Waals surface area contributed by atoms with Crippen molar-refractivity contribution in [2.75, 3.05) is 5.88 Å². The molecule has 0 heterocycles. The Bertz CT molecular complexity index is 634. The van der Waals surface area contributed by atoms with Crippen LogP contribution in [-0.4, -0.2) is 22.6 Å². The summed E-state index contributed by atoms with van der Waals surface area (Å²) in [6.45, 7) is 0. The molecule has 2 rings (SSSR count). The molecule has 0 aromatic heterocycles. The van der Waals surface area contributed by atoms with Crippen molar-refractivity contribution in [3.63, 3.8) is 0 Å². The third-order valence-corrected chi connectivity index (χ3v) is 2.94. The number of aliphatic imine (C=N–C) groups is 1. The van der Waals surface area contributed by atoms with E-state index in [9.17, 15) is 9.90 Å². The van der Waals surface area contributed by atoms with E-state index >= 15 is 0 Å². The number of nitrogens with zero attached hydrogens (tertiary/aromatic N) is 1. The van der Waals surface area contributed by atoms with Crippen molar-refractivity contribution < 1.29 is 9.90 Å². The number of rotatable bonds is 4. The fourth-order valence-electron chi connectivity index (χ4n) is 1.66. The number of phenols is 1. The molecule has 2 aromatic carbocycles. The Morgan fingerprint density at radius 3 is 2.05 bits per heavy atom. The third-order valence-electron chi connectivity index (χ3n) is 2.67. The summed E-state index contributed by atoms with van der Waals surface area (Å²) < 4.78 is 0. The molecular formula is C15H13ClN2O2. The first-order chi connectivity index (χ1) is 9.60.